The quantitative estimate of drug-likeness (QED) is 0.599. The number of rotatable bonds is 8. The Morgan fingerprint density at radius 2 is 1.67 bits per heavy atom. The zero-order chi connectivity index (χ0) is 24.1. The molecular weight excluding hydrogens is 418 g/mol. The van der Waals surface area contributed by atoms with E-state index in [0.717, 1.165) is 23.4 Å². The minimum absolute atomic E-state index is 0.0353. The SMILES string of the molecule is Cc1ccc(NC(=O)N2CCN(CC(=O)c3cc(C(N)=O)c(C)n3CCC(C)C)CC2)cc1. The minimum Gasteiger partial charge on any atom is -0.366 e. The molecule has 0 unspecified atom stereocenters. The normalized spacial score (nSPS) is 14.5. The number of nitrogens with two attached hydrogens (primary N) is 1. The van der Waals surface area contributed by atoms with E-state index in [0.29, 0.717) is 49.9 Å². The lowest BCUT2D eigenvalue weighted by Gasteiger charge is -2.34. The molecule has 1 aliphatic heterocycles. The van der Waals surface area contributed by atoms with Crippen molar-refractivity contribution in [1.29, 1.82) is 0 Å². The van der Waals surface area contributed by atoms with Crippen molar-refractivity contribution >= 4 is 23.4 Å². The standard InChI is InChI=1S/C25H35N5O3/c1-17(2)9-10-30-19(4)21(24(26)32)15-22(30)23(31)16-28-11-13-29(14-12-28)25(33)27-20-7-5-18(3)6-8-20/h5-8,15,17H,9-14,16H2,1-4H3,(H2,26,32)(H,27,33). The molecule has 1 aromatic carbocycles. The summed E-state index contributed by atoms with van der Waals surface area (Å²) in [7, 11) is 0. The highest BCUT2D eigenvalue weighted by atomic mass is 16.2. The molecule has 33 heavy (non-hydrogen) atoms. The third-order valence-electron chi connectivity index (χ3n) is 6.18. The first-order valence-corrected chi connectivity index (χ1v) is 11.5. The molecule has 178 valence electrons. The predicted molar refractivity (Wildman–Crippen MR) is 130 cm³/mol. The zero-order valence-corrected chi connectivity index (χ0v) is 20.1. The molecule has 1 saturated heterocycles. The second-order valence-corrected chi connectivity index (χ2v) is 9.21. The number of anilines is 1. The number of urea groups is 1. The Bertz CT molecular complexity index is 1000. The Balaban J connectivity index is 1.59. The molecule has 1 fully saturated rings. The van der Waals surface area contributed by atoms with E-state index < -0.39 is 5.91 Å². The van der Waals surface area contributed by atoms with Crippen LogP contribution in [0.3, 0.4) is 0 Å². The summed E-state index contributed by atoms with van der Waals surface area (Å²) >= 11 is 0. The number of carbonyl (C=O) groups is 3. The van der Waals surface area contributed by atoms with Crippen molar-refractivity contribution in [2.75, 3.05) is 38.0 Å². The summed E-state index contributed by atoms with van der Waals surface area (Å²) in [5.74, 6) is -0.0733. The van der Waals surface area contributed by atoms with Crippen LogP contribution in [0.25, 0.3) is 0 Å². The average molecular weight is 454 g/mol. The summed E-state index contributed by atoms with van der Waals surface area (Å²) in [5.41, 5.74) is 9.11. The highest BCUT2D eigenvalue weighted by Crippen LogP contribution is 2.19. The molecule has 0 bridgehead atoms. The van der Waals surface area contributed by atoms with E-state index >= 15 is 0 Å². The molecule has 2 aromatic rings. The molecule has 3 N–H and O–H groups in total. The Hall–Kier alpha value is -3.13. The Morgan fingerprint density at radius 3 is 2.24 bits per heavy atom. The third-order valence-corrected chi connectivity index (χ3v) is 6.18. The number of hydrogen-bond acceptors (Lipinski definition) is 4. The summed E-state index contributed by atoms with van der Waals surface area (Å²) in [4.78, 5) is 41.4. The number of ketones is 1. The summed E-state index contributed by atoms with van der Waals surface area (Å²) in [6.45, 7) is 11.3. The highest BCUT2D eigenvalue weighted by molar-refractivity contribution is 6.01. The average Bonchev–Trinajstić information content (AvgIpc) is 3.11. The highest BCUT2D eigenvalue weighted by Gasteiger charge is 2.25. The van der Waals surface area contributed by atoms with E-state index in [4.69, 9.17) is 5.73 Å². The lowest BCUT2D eigenvalue weighted by atomic mass is 10.1. The minimum atomic E-state index is -0.516. The Labute approximate surface area is 195 Å². The van der Waals surface area contributed by atoms with Gasteiger partial charge in [0, 0.05) is 44.1 Å². The molecule has 2 heterocycles. The molecule has 0 spiro atoms. The van der Waals surface area contributed by atoms with Crippen molar-refractivity contribution in [2.45, 2.75) is 40.7 Å². The van der Waals surface area contributed by atoms with Gasteiger partial charge in [0.2, 0.25) is 0 Å². The summed E-state index contributed by atoms with van der Waals surface area (Å²) in [6, 6.07) is 9.20. The van der Waals surface area contributed by atoms with Crippen molar-refractivity contribution < 1.29 is 14.4 Å². The molecule has 3 rings (SSSR count). The van der Waals surface area contributed by atoms with Gasteiger partial charge < -0.3 is 20.5 Å². The molecule has 1 aliphatic rings. The molecule has 0 radical (unpaired) electrons. The van der Waals surface area contributed by atoms with Gasteiger partial charge in [-0.25, -0.2) is 4.79 Å². The molecule has 8 nitrogen and oxygen atoms in total. The van der Waals surface area contributed by atoms with Crippen LogP contribution in [0.4, 0.5) is 10.5 Å². The van der Waals surface area contributed by atoms with Crippen LogP contribution in [0.2, 0.25) is 0 Å². The van der Waals surface area contributed by atoms with E-state index in [2.05, 4.69) is 24.1 Å². The monoisotopic (exact) mass is 453 g/mol. The summed E-state index contributed by atoms with van der Waals surface area (Å²) in [6.07, 6.45) is 0.906. The van der Waals surface area contributed by atoms with Crippen molar-refractivity contribution in [3.63, 3.8) is 0 Å². The number of aryl methyl sites for hydroxylation is 1. The number of nitrogens with zero attached hydrogens (tertiary/aromatic N) is 3. The number of aromatic nitrogens is 1. The number of amides is 3. The Kier molecular flexibility index (Phi) is 7.92. The smallest absolute Gasteiger partial charge is 0.321 e. The van der Waals surface area contributed by atoms with Crippen LogP contribution in [-0.4, -0.2) is 64.8 Å². The lowest BCUT2D eigenvalue weighted by Crippen LogP contribution is -2.51. The van der Waals surface area contributed by atoms with Gasteiger partial charge in [-0.15, -0.1) is 0 Å². The largest absolute Gasteiger partial charge is 0.366 e. The van der Waals surface area contributed by atoms with E-state index in [1.807, 2.05) is 42.7 Å². The number of nitrogens with one attached hydrogen (secondary N) is 1. The maximum absolute atomic E-state index is 13.1. The first-order chi connectivity index (χ1) is 15.7. The van der Waals surface area contributed by atoms with Crippen LogP contribution < -0.4 is 11.1 Å². The molecular formula is C25H35N5O3. The molecule has 8 heteroatoms. The predicted octanol–water partition coefficient (Wildman–Crippen LogP) is 3.28. The van der Waals surface area contributed by atoms with Crippen LogP contribution in [0.15, 0.2) is 30.3 Å². The second-order valence-electron chi connectivity index (χ2n) is 9.21. The zero-order valence-electron chi connectivity index (χ0n) is 20.1. The van der Waals surface area contributed by atoms with Gasteiger partial charge in [-0.1, -0.05) is 31.5 Å². The van der Waals surface area contributed by atoms with Crippen LogP contribution in [-0.2, 0) is 6.54 Å². The fraction of sp³-hybridized carbons (Fsp3) is 0.480. The fourth-order valence-electron chi connectivity index (χ4n) is 4.03. The van der Waals surface area contributed by atoms with Crippen LogP contribution in [0.1, 0.15) is 52.4 Å². The van der Waals surface area contributed by atoms with E-state index in [1.54, 1.807) is 11.0 Å². The van der Waals surface area contributed by atoms with Crippen molar-refractivity contribution in [3.05, 3.63) is 52.8 Å². The van der Waals surface area contributed by atoms with Gasteiger partial charge >= 0.3 is 6.03 Å². The number of hydrogen-bond donors (Lipinski definition) is 2. The Morgan fingerprint density at radius 1 is 1.03 bits per heavy atom. The third kappa shape index (κ3) is 6.22. The van der Waals surface area contributed by atoms with Gasteiger partial charge in [-0.3, -0.25) is 14.5 Å². The van der Waals surface area contributed by atoms with Gasteiger partial charge in [-0.2, -0.15) is 0 Å². The number of primary amides is 1. The summed E-state index contributed by atoms with van der Waals surface area (Å²) in [5, 5.41) is 2.92. The maximum atomic E-state index is 13.1. The van der Waals surface area contributed by atoms with Gasteiger partial charge in [0.1, 0.15) is 0 Å². The molecule has 0 atom stereocenters. The topological polar surface area (TPSA) is 101 Å². The van der Waals surface area contributed by atoms with Crippen molar-refractivity contribution in [2.24, 2.45) is 11.7 Å². The van der Waals surface area contributed by atoms with E-state index in [9.17, 15) is 14.4 Å². The first kappa shape index (κ1) is 24.5. The van der Waals surface area contributed by atoms with Gasteiger partial charge in [0.25, 0.3) is 5.91 Å². The molecule has 0 saturated carbocycles. The van der Waals surface area contributed by atoms with Gasteiger partial charge in [-0.05, 0) is 44.4 Å². The van der Waals surface area contributed by atoms with Gasteiger partial charge in [0.15, 0.2) is 5.78 Å². The van der Waals surface area contributed by atoms with Crippen LogP contribution >= 0.6 is 0 Å². The first-order valence-electron chi connectivity index (χ1n) is 11.5. The summed E-state index contributed by atoms with van der Waals surface area (Å²) < 4.78 is 1.92. The second kappa shape index (κ2) is 10.7. The number of carbonyl (C=O) groups excluding carboxylic acids is 3. The molecule has 1 aromatic heterocycles. The van der Waals surface area contributed by atoms with Crippen LogP contribution in [0, 0.1) is 19.8 Å². The van der Waals surface area contributed by atoms with Crippen molar-refractivity contribution in [1.82, 2.24) is 14.4 Å². The number of piperazine rings is 1. The molecule has 0 aliphatic carbocycles. The van der Waals surface area contributed by atoms with E-state index in [-0.39, 0.29) is 18.4 Å². The fourth-order valence-corrected chi connectivity index (χ4v) is 4.03. The maximum Gasteiger partial charge on any atom is 0.321 e. The molecule has 3 amide bonds. The lowest BCUT2D eigenvalue weighted by molar-refractivity contribution is 0.0874. The number of Topliss-reactive ketones (excluding diaryl/α,β-unsaturated/α-hetero) is 1. The van der Waals surface area contributed by atoms with Crippen LogP contribution in [0.5, 0.6) is 0 Å². The van der Waals surface area contributed by atoms with E-state index in [1.165, 1.54) is 0 Å². The van der Waals surface area contributed by atoms with Crippen molar-refractivity contribution in [3.8, 4) is 0 Å². The van der Waals surface area contributed by atoms with Gasteiger partial charge in [0.05, 0.1) is 17.8 Å². The number of benzene rings is 1.